The maximum Gasteiger partial charge on any atom is 0.416 e. The third-order valence-corrected chi connectivity index (χ3v) is 6.10. The average Bonchev–Trinajstić information content (AvgIpc) is 3.48. The minimum atomic E-state index is -4.45. The Kier molecular flexibility index (Phi) is 6.49. The van der Waals surface area contributed by atoms with Crippen molar-refractivity contribution in [3.8, 4) is 5.69 Å². The zero-order valence-corrected chi connectivity index (χ0v) is 18.8. The molecule has 0 saturated carbocycles. The highest BCUT2D eigenvalue weighted by Crippen LogP contribution is 2.31. The lowest BCUT2D eigenvalue weighted by Crippen LogP contribution is -2.45. The fraction of sp³-hybridized carbons (Fsp3) is 0.375. The maximum atomic E-state index is 13.1. The molecule has 7 nitrogen and oxygen atoms in total. The van der Waals surface area contributed by atoms with E-state index in [0.29, 0.717) is 37.2 Å². The Labute approximate surface area is 194 Å². The summed E-state index contributed by atoms with van der Waals surface area (Å²) < 4.78 is 45.9. The number of alkyl halides is 3. The molecule has 0 radical (unpaired) electrons. The summed E-state index contributed by atoms with van der Waals surface area (Å²) in [5.41, 5.74) is 0.862. The first-order valence-corrected chi connectivity index (χ1v) is 11.0. The van der Waals surface area contributed by atoms with Crippen molar-refractivity contribution >= 4 is 11.8 Å². The molecular formula is C24H25F3N4O3. The van der Waals surface area contributed by atoms with Crippen LogP contribution in [0.4, 0.5) is 13.2 Å². The van der Waals surface area contributed by atoms with E-state index < -0.39 is 17.8 Å². The number of aromatic nitrogens is 2. The number of furan rings is 1. The minimum absolute atomic E-state index is 0.185. The Hall–Kier alpha value is -3.56. The number of piperidine rings is 1. The zero-order valence-electron chi connectivity index (χ0n) is 18.8. The molecule has 2 aromatic heterocycles. The summed E-state index contributed by atoms with van der Waals surface area (Å²) in [4.78, 5) is 27.1. The van der Waals surface area contributed by atoms with Gasteiger partial charge >= 0.3 is 6.18 Å². The second kappa shape index (κ2) is 9.36. The van der Waals surface area contributed by atoms with Crippen LogP contribution in [0.3, 0.4) is 0 Å². The zero-order chi connectivity index (χ0) is 24.5. The summed E-state index contributed by atoms with van der Waals surface area (Å²) in [6, 6.07) is 7.76. The van der Waals surface area contributed by atoms with E-state index in [1.165, 1.54) is 17.0 Å². The molecule has 1 aromatic carbocycles. The number of benzene rings is 1. The molecule has 2 unspecified atom stereocenters. The maximum absolute atomic E-state index is 13.1. The van der Waals surface area contributed by atoms with E-state index in [1.807, 2.05) is 0 Å². The van der Waals surface area contributed by atoms with Crippen LogP contribution in [0.5, 0.6) is 0 Å². The van der Waals surface area contributed by atoms with Crippen molar-refractivity contribution in [2.45, 2.75) is 38.9 Å². The number of hydrogen-bond donors (Lipinski definition) is 1. The Morgan fingerprint density at radius 2 is 2.03 bits per heavy atom. The van der Waals surface area contributed by atoms with Gasteiger partial charge in [-0.25, -0.2) is 4.68 Å². The smallest absolute Gasteiger partial charge is 0.416 e. The first-order valence-electron chi connectivity index (χ1n) is 11.0. The van der Waals surface area contributed by atoms with E-state index in [4.69, 9.17) is 4.42 Å². The Morgan fingerprint density at radius 3 is 2.74 bits per heavy atom. The van der Waals surface area contributed by atoms with E-state index in [9.17, 15) is 22.8 Å². The summed E-state index contributed by atoms with van der Waals surface area (Å²) in [6.07, 6.45) is -0.110. The van der Waals surface area contributed by atoms with Crippen molar-refractivity contribution < 1.29 is 27.2 Å². The lowest BCUT2D eigenvalue weighted by molar-refractivity contribution is -0.137. The van der Waals surface area contributed by atoms with Gasteiger partial charge in [-0.05, 0) is 57.0 Å². The normalized spacial score (nSPS) is 17.4. The molecule has 0 bridgehead atoms. The van der Waals surface area contributed by atoms with Crippen molar-refractivity contribution in [2.75, 3.05) is 13.1 Å². The Balaban J connectivity index is 1.44. The predicted octanol–water partition coefficient (Wildman–Crippen LogP) is 4.52. The largest absolute Gasteiger partial charge is 0.459 e. The van der Waals surface area contributed by atoms with Crippen LogP contribution in [0.2, 0.25) is 0 Å². The van der Waals surface area contributed by atoms with E-state index in [-0.39, 0.29) is 29.2 Å². The summed E-state index contributed by atoms with van der Waals surface area (Å²) in [7, 11) is 0. The molecule has 4 rings (SSSR count). The molecule has 1 aliphatic rings. The number of nitrogens with one attached hydrogen (secondary N) is 1. The Bertz CT molecular complexity index is 1170. The molecular weight excluding hydrogens is 449 g/mol. The van der Waals surface area contributed by atoms with Gasteiger partial charge in [-0.1, -0.05) is 6.07 Å². The van der Waals surface area contributed by atoms with Crippen molar-refractivity contribution in [3.63, 3.8) is 0 Å². The van der Waals surface area contributed by atoms with E-state index >= 15 is 0 Å². The molecule has 1 aliphatic heterocycles. The molecule has 0 spiro atoms. The van der Waals surface area contributed by atoms with Gasteiger partial charge in [0.25, 0.3) is 5.91 Å². The molecule has 180 valence electrons. The number of hydrogen-bond acceptors (Lipinski definition) is 4. The summed E-state index contributed by atoms with van der Waals surface area (Å²) >= 11 is 0. The molecule has 3 heterocycles. The van der Waals surface area contributed by atoms with Crippen LogP contribution >= 0.6 is 0 Å². The van der Waals surface area contributed by atoms with Gasteiger partial charge in [-0.3, -0.25) is 9.59 Å². The van der Waals surface area contributed by atoms with Crippen LogP contribution in [-0.2, 0) is 11.0 Å². The number of carbonyl (C=O) groups excluding carboxylic acids is 2. The van der Waals surface area contributed by atoms with Gasteiger partial charge < -0.3 is 14.6 Å². The highest BCUT2D eigenvalue weighted by atomic mass is 19.4. The van der Waals surface area contributed by atoms with Crippen LogP contribution in [-0.4, -0.2) is 39.6 Å². The fourth-order valence-corrected chi connectivity index (χ4v) is 4.26. The number of halogens is 3. The summed E-state index contributed by atoms with van der Waals surface area (Å²) in [5.74, 6) is -0.551. The standard InChI is InChI=1S/C24H25F3N4O3/c1-15(20-13-28-31(16(20)2)19-8-3-7-18(12-19)24(25,26)27)29-22(32)17-6-4-10-30(14-17)23(33)21-9-5-11-34-21/h3,5,7-9,11-13,15,17H,4,6,10,14H2,1-2H3,(H,29,32). The lowest BCUT2D eigenvalue weighted by Gasteiger charge is -2.32. The average molecular weight is 474 g/mol. The summed E-state index contributed by atoms with van der Waals surface area (Å²) in [6.45, 7) is 4.39. The quantitative estimate of drug-likeness (QED) is 0.590. The molecule has 2 amide bonds. The lowest BCUT2D eigenvalue weighted by atomic mass is 9.96. The number of amides is 2. The van der Waals surface area contributed by atoms with Gasteiger partial charge in [-0.15, -0.1) is 0 Å². The molecule has 1 N–H and O–H groups in total. The van der Waals surface area contributed by atoms with Gasteiger partial charge in [0.15, 0.2) is 5.76 Å². The van der Waals surface area contributed by atoms with Crippen molar-refractivity contribution in [3.05, 3.63) is 71.4 Å². The molecule has 3 aromatic rings. The number of likely N-dealkylation sites (tertiary alicyclic amines) is 1. The molecule has 1 saturated heterocycles. The monoisotopic (exact) mass is 474 g/mol. The van der Waals surface area contributed by atoms with Gasteiger partial charge in [0, 0.05) is 24.3 Å². The predicted molar refractivity (Wildman–Crippen MR) is 117 cm³/mol. The second-order valence-corrected chi connectivity index (χ2v) is 8.44. The van der Waals surface area contributed by atoms with E-state index in [1.54, 1.807) is 43.1 Å². The van der Waals surface area contributed by atoms with Gasteiger partial charge in [0.05, 0.1) is 35.7 Å². The van der Waals surface area contributed by atoms with Gasteiger partial charge in [-0.2, -0.15) is 18.3 Å². The Morgan fingerprint density at radius 1 is 1.24 bits per heavy atom. The SMILES string of the molecule is Cc1c(C(C)NC(=O)C2CCCN(C(=O)c3ccco3)C2)cnn1-c1cccc(C(F)(F)F)c1. The third kappa shape index (κ3) is 4.85. The molecule has 34 heavy (non-hydrogen) atoms. The van der Waals surface area contributed by atoms with E-state index in [0.717, 1.165) is 12.1 Å². The highest BCUT2D eigenvalue weighted by Gasteiger charge is 2.32. The van der Waals surface area contributed by atoms with Gasteiger partial charge in [0.1, 0.15) is 0 Å². The van der Waals surface area contributed by atoms with Crippen LogP contribution in [0.1, 0.15) is 53.2 Å². The van der Waals surface area contributed by atoms with Crippen molar-refractivity contribution in [1.29, 1.82) is 0 Å². The van der Waals surface area contributed by atoms with Crippen molar-refractivity contribution in [2.24, 2.45) is 5.92 Å². The first kappa shape index (κ1) is 23.6. The first-order chi connectivity index (χ1) is 16.1. The third-order valence-electron chi connectivity index (χ3n) is 6.10. The second-order valence-electron chi connectivity index (χ2n) is 8.44. The fourth-order valence-electron chi connectivity index (χ4n) is 4.26. The van der Waals surface area contributed by atoms with Crippen LogP contribution < -0.4 is 5.32 Å². The number of nitrogens with zero attached hydrogens (tertiary/aromatic N) is 3. The van der Waals surface area contributed by atoms with Crippen LogP contribution in [0.15, 0.2) is 53.3 Å². The van der Waals surface area contributed by atoms with E-state index in [2.05, 4.69) is 10.4 Å². The molecule has 2 atom stereocenters. The molecule has 0 aliphatic carbocycles. The molecule has 1 fully saturated rings. The van der Waals surface area contributed by atoms with Crippen molar-refractivity contribution in [1.82, 2.24) is 20.0 Å². The topological polar surface area (TPSA) is 80.4 Å². The van der Waals surface area contributed by atoms with Gasteiger partial charge in [0.2, 0.25) is 5.91 Å². The van der Waals surface area contributed by atoms with Crippen LogP contribution in [0, 0.1) is 12.8 Å². The summed E-state index contributed by atoms with van der Waals surface area (Å²) in [5, 5.41) is 7.22. The number of carbonyl (C=O) groups is 2. The highest BCUT2D eigenvalue weighted by molar-refractivity contribution is 5.92. The minimum Gasteiger partial charge on any atom is -0.459 e. The number of rotatable bonds is 5. The van der Waals surface area contributed by atoms with Crippen LogP contribution in [0.25, 0.3) is 5.69 Å². The molecule has 10 heteroatoms.